The zero-order valence-corrected chi connectivity index (χ0v) is 17.5. The van der Waals surface area contributed by atoms with Crippen molar-refractivity contribution in [3.63, 3.8) is 0 Å². The zero-order valence-electron chi connectivity index (χ0n) is 17.5. The highest BCUT2D eigenvalue weighted by Gasteiger charge is 2.75. The van der Waals surface area contributed by atoms with E-state index < -0.39 is 34.3 Å². The molecular weight excluding hydrogens is 360 g/mol. The highest BCUT2D eigenvalue weighted by molar-refractivity contribution is 5.80. The molecule has 3 fully saturated rings. The number of hydrogen-bond acceptors (Lipinski definition) is 6. The standard InChI is InChI=1S/C22H34O6/c1-14(2)17(24)8-9-19(5)12-21-15(3)6-7-18(25)20(21,13-27-16(4)23)10-11-22(19,26)28-21/h14,18,25-26H,3,6-13H2,1-2,4-5H3. The number of esters is 1. The lowest BCUT2D eigenvalue weighted by molar-refractivity contribution is -0.322. The van der Waals surface area contributed by atoms with Crippen molar-refractivity contribution in [2.24, 2.45) is 16.7 Å². The fraction of sp³-hybridized carbons (Fsp3) is 0.818. The molecule has 2 saturated heterocycles. The molecule has 1 aliphatic carbocycles. The van der Waals surface area contributed by atoms with Crippen LogP contribution in [0.15, 0.2) is 12.2 Å². The molecule has 3 aliphatic rings. The SMILES string of the molecule is C=C1CCC(O)C2(COC(C)=O)CCC3(O)OC12CC3(C)CCC(=O)C(C)C. The van der Waals surface area contributed by atoms with Crippen LogP contribution in [-0.4, -0.2) is 46.1 Å². The molecule has 0 aromatic carbocycles. The van der Waals surface area contributed by atoms with Gasteiger partial charge in [-0.1, -0.05) is 27.4 Å². The number of carbonyl (C=O) groups is 2. The van der Waals surface area contributed by atoms with Gasteiger partial charge in [0.15, 0.2) is 5.79 Å². The molecule has 3 rings (SSSR count). The quantitative estimate of drug-likeness (QED) is 0.531. The number of aliphatic hydroxyl groups is 2. The van der Waals surface area contributed by atoms with E-state index in [1.807, 2.05) is 20.8 Å². The van der Waals surface area contributed by atoms with Gasteiger partial charge in [-0.2, -0.15) is 0 Å². The molecule has 2 N–H and O–H groups in total. The molecule has 6 nitrogen and oxygen atoms in total. The minimum Gasteiger partial charge on any atom is -0.465 e. The Morgan fingerprint density at radius 3 is 2.64 bits per heavy atom. The Morgan fingerprint density at radius 1 is 1.36 bits per heavy atom. The second-order valence-electron chi connectivity index (χ2n) is 9.67. The molecule has 0 aromatic heterocycles. The summed E-state index contributed by atoms with van der Waals surface area (Å²) in [5.41, 5.74) is -1.58. The van der Waals surface area contributed by atoms with E-state index in [2.05, 4.69) is 6.58 Å². The molecule has 1 saturated carbocycles. The predicted molar refractivity (Wildman–Crippen MR) is 103 cm³/mol. The van der Waals surface area contributed by atoms with Gasteiger partial charge in [0.1, 0.15) is 18.0 Å². The molecule has 2 heterocycles. The number of Topliss-reactive ketones (excluding diaryl/α,β-unsaturated/α-hetero) is 1. The molecule has 2 aliphatic heterocycles. The van der Waals surface area contributed by atoms with Crippen molar-refractivity contribution in [1.29, 1.82) is 0 Å². The van der Waals surface area contributed by atoms with Gasteiger partial charge in [0.25, 0.3) is 0 Å². The number of hydrogen-bond donors (Lipinski definition) is 2. The summed E-state index contributed by atoms with van der Waals surface area (Å²) in [5.74, 6) is -1.67. The normalized spacial score (nSPS) is 42.4. The summed E-state index contributed by atoms with van der Waals surface area (Å²) in [6.45, 7) is 11.4. The molecule has 5 atom stereocenters. The van der Waals surface area contributed by atoms with Crippen molar-refractivity contribution in [3.8, 4) is 0 Å². The molecule has 0 amide bonds. The molecule has 0 aromatic rings. The van der Waals surface area contributed by atoms with Gasteiger partial charge in [0.2, 0.25) is 0 Å². The Kier molecular flexibility index (Phi) is 5.31. The highest BCUT2D eigenvalue weighted by atomic mass is 16.7. The highest BCUT2D eigenvalue weighted by Crippen LogP contribution is 2.69. The summed E-state index contributed by atoms with van der Waals surface area (Å²) < 4.78 is 11.8. The van der Waals surface area contributed by atoms with Crippen LogP contribution in [0.2, 0.25) is 0 Å². The van der Waals surface area contributed by atoms with Crippen molar-refractivity contribution in [3.05, 3.63) is 12.2 Å². The second-order valence-corrected chi connectivity index (χ2v) is 9.67. The van der Waals surface area contributed by atoms with Crippen LogP contribution in [0, 0.1) is 16.7 Å². The average Bonchev–Trinajstić information content (AvgIpc) is 2.81. The smallest absolute Gasteiger partial charge is 0.302 e. The van der Waals surface area contributed by atoms with Crippen molar-refractivity contribution in [2.75, 3.05) is 6.61 Å². The lowest BCUT2D eigenvalue weighted by atomic mass is 9.56. The van der Waals surface area contributed by atoms with Gasteiger partial charge in [-0.3, -0.25) is 9.59 Å². The van der Waals surface area contributed by atoms with Crippen LogP contribution in [0.25, 0.3) is 0 Å². The molecule has 2 bridgehead atoms. The van der Waals surface area contributed by atoms with Crippen LogP contribution < -0.4 is 0 Å². The summed E-state index contributed by atoms with van der Waals surface area (Å²) in [6, 6.07) is 0. The van der Waals surface area contributed by atoms with Gasteiger partial charge < -0.3 is 19.7 Å². The lowest BCUT2D eigenvalue weighted by Crippen LogP contribution is -2.64. The molecular formula is C22H34O6. The first-order valence-electron chi connectivity index (χ1n) is 10.4. The molecule has 158 valence electrons. The van der Waals surface area contributed by atoms with Crippen molar-refractivity contribution >= 4 is 11.8 Å². The number of carbonyl (C=O) groups excluding carboxylic acids is 2. The molecule has 0 radical (unpaired) electrons. The summed E-state index contributed by atoms with van der Waals surface area (Å²) in [7, 11) is 0. The van der Waals surface area contributed by atoms with Crippen LogP contribution in [0.4, 0.5) is 0 Å². The van der Waals surface area contributed by atoms with E-state index in [1.54, 1.807) is 0 Å². The monoisotopic (exact) mass is 394 g/mol. The predicted octanol–water partition coefficient (Wildman–Crippen LogP) is 2.90. The third-order valence-corrected chi connectivity index (χ3v) is 7.67. The maximum Gasteiger partial charge on any atom is 0.302 e. The first-order valence-corrected chi connectivity index (χ1v) is 10.4. The lowest BCUT2D eigenvalue weighted by Gasteiger charge is -2.57. The third-order valence-electron chi connectivity index (χ3n) is 7.67. The number of rotatable bonds is 6. The Labute approximate surface area is 167 Å². The fourth-order valence-corrected chi connectivity index (χ4v) is 5.62. The van der Waals surface area contributed by atoms with Gasteiger partial charge in [-0.15, -0.1) is 0 Å². The van der Waals surface area contributed by atoms with Crippen molar-refractivity contribution < 1.29 is 29.3 Å². The van der Waals surface area contributed by atoms with E-state index in [-0.39, 0.29) is 18.3 Å². The Bertz CT molecular complexity index is 687. The largest absolute Gasteiger partial charge is 0.465 e. The number of fused-ring (bicyclic) bond motifs is 1. The van der Waals surface area contributed by atoms with Crippen LogP contribution in [-0.2, 0) is 19.1 Å². The average molecular weight is 395 g/mol. The van der Waals surface area contributed by atoms with Crippen LogP contribution in [0.1, 0.15) is 72.6 Å². The molecule has 6 heteroatoms. The maximum absolute atomic E-state index is 12.2. The Morgan fingerprint density at radius 2 is 2.04 bits per heavy atom. The van der Waals surface area contributed by atoms with E-state index in [9.17, 15) is 19.8 Å². The van der Waals surface area contributed by atoms with Crippen molar-refractivity contribution in [1.82, 2.24) is 0 Å². The van der Waals surface area contributed by atoms with Gasteiger partial charge in [0, 0.05) is 31.1 Å². The summed E-state index contributed by atoms with van der Waals surface area (Å²) in [6.07, 6.45) is 2.57. The summed E-state index contributed by atoms with van der Waals surface area (Å²) >= 11 is 0. The van der Waals surface area contributed by atoms with E-state index in [1.165, 1.54) is 6.92 Å². The molecule has 5 unspecified atom stereocenters. The van der Waals surface area contributed by atoms with E-state index in [4.69, 9.17) is 9.47 Å². The van der Waals surface area contributed by atoms with E-state index in [0.717, 1.165) is 5.57 Å². The number of ether oxygens (including phenoxy) is 2. The van der Waals surface area contributed by atoms with Gasteiger partial charge in [0.05, 0.1) is 11.5 Å². The molecule has 28 heavy (non-hydrogen) atoms. The summed E-state index contributed by atoms with van der Waals surface area (Å²) in [5, 5.41) is 22.5. The Balaban J connectivity index is 1.97. The van der Waals surface area contributed by atoms with E-state index in [0.29, 0.717) is 44.9 Å². The zero-order chi connectivity index (χ0) is 21.0. The maximum atomic E-state index is 12.2. The fourth-order valence-electron chi connectivity index (χ4n) is 5.62. The van der Waals surface area contributed by atoms with Crippen LogP contribution in [0.5, 0.6) is 0 Å². The van der Waals surface area contributed by atoms with Crippen LogP contribution >= 0.6 is 0 Å². The molecule has 1 spiro atoms. The third kappa shape index (κ3) is 2.96. The van der Waals surface area contributed by atoms with Gasteiger partial charge in [-0.25, -0.2) is 0 Å². The Hall–Kier alpha value is -1.24. The first-order chi connectivity index (χ1) is 12.9. The van der Waals surface area contributed by atoms with Crippen LogP contribution in [0.3, 0.4) is 0 Å². The van der Waals surface area contributed by atoms with Gasteiger partial charge in [-0.05, 0) is 37.7 Å². The minimum absolute atomic E-state index is 0.0413. The number of ketones is 1. The van der Waals surface area contributed by atoms with Crippen molar-refractivity contribution in [2.45, 2.75) is 90.1 Å². The van der Waals surface area contributed by atoms with Gasteiger partial charge >= 0.3 is 5.97 Å². The van der Waals surface area contributed by atoms with E-state index >= 15 is 0 Å². The topological polar surface area (TPSA) is 93.1 Å². The summed E-state index contributed by atoms with van der Waals surface area (Å²) in [4.78, 5) is 23.8. The number of aliphatic hydroxyl groups excluding tert-OH is 1. The second kappa shape index (κ2) is 6.92. The minimum atomic E-state index is -1.38. The first kappa shape index (κ1) is 21.5.